The van der Waals surface area contributed by atoms with Crippen molar-refractivity contribution in [1.82, 2.24) is 19.9 Å². The van der Waals surface area contributed by atoms with Crippen LogP contribution in [0.5, 0.6) is 0 Å². The lowest BCUT2D eigenvalue weighted by Gasteiger charge is -2.37. The average Bonchev–Trinajstić information content (AvgIpc) is 3.22. The highest BCUT2D eigenvalue weighted by molar-refractivity contribution is 5.79. The Balaban J connectivity index is 1.51. The zero-order chi connectivity index (χ0) is 16.5. The molecule has 2 fully saturated rings. The molecular formula is C18H22N4O2. The maximum Gasteiger partial charge on any atom is 0.229 e. The molecule has 1 aromatic heterocycles. The molecule has 2 aromatic rings. The van der Waals surface area contributed by atoms with Gasteiger partial charge in [-0.3, -0.25) is 4.79 Å². The van der Waals surface area contributed by atoms with Gasteiger partial charge in [-0.05, 0) is 38.3 Å². The molecule has 1 aliphatic heterocycles. The smallest absolute Gasteiger partial charge is 0.229 e. The van der Waals surface area contributed by atoms with Crippen LogP contribution in [0.15, 0.2) is 30.3 Å². The van der Waals surface area contributed by atoms with Gasteiger partial charge in [-0.15, -0.1) is 5.10 Å². The fraction of sp³-hybridized carbons (Fsp3) is 0.500. The number of rotatable bonds is 3. The highest BCUT2D eigenvalue weighted by Gasteiger charge is 2.38. The number of morpholine rings is 1. The van der Waals surface area contributed by atoms with Crippen LogP contribution < -0.4 is 0 Å². The van der Waals surface area contributed by atoms with Crippen molar-refractivity contribution in [2.75, 3.05) is 13.2 Å². The molecule has 1 aromatic carbocycles. The SMILES string of the molecule is Cc1c(CC(=O)N2CCO[C@H]3CCC[C@@H]32)nnn1-c1ccccc1. The molecule has 6 heteroatoms. The lowest BCUT2D eigenvalue weighted by atomic mass is 10.1. The third kappa shape index (κ3) is 2.71. The number of nitrogens with zero attached hydrogens (tertiary/aromatic N) is 4. The molecule has 24 heavy (non-hydrogen) atoms. The minimum atomic E-state index is 0.137. The highest BCUT2D eigenvalue weighted by Crippen LogP contribution is 2.30. The Hall–Kier alpha value is -2.21. The molecule has 0 bridgehead atoms. The third-order valence-electron chi connectivity index (χ3n) is 5.11. The van der Waals surface area contributed by atoms with Gasteiger partial charge in [-0.2, -0.15) is 0 Å². The van der Waals surface area contributed by atoms with Gasteiger partial charge >= 0.3 is 0 Å². The second-order valence-electron chi connectivity index (χ2n) is 6.54. The predicted octanol–water partition coefficient (Wildman–Crippen LogP) is 1.90. The van der Waals surface area contributed by atoms with E-state index < -0.39 is 0 Å². The van der Waals surface area contributed by atoms with Crippen molar-refractivity contribution in [2.24, 2.45) is 0 Å². The second kappa shape index (κ2) is 6.36. The van der Waals surface area contributed by atoms with E-state index in [1.165, 1.54) is 0 Å². The maximum absolute atomic E-state index is 12.8. The van der Waals surface area contributed by atoms with Gasteiger partial charge in [0, 0.05) is 6.54 Å². The Morgan fingerprint density at radius 3 is 2.96 bits per heavy atom. The van der Waals surface area contributed by atoms with Crippen LogP contribution >= 0.6 is 0 Å². The number of fused-ring (bicyclic) bond motifs is 1. The summed E-state index contributed by atoms with van der Waals surface area (Å²) in [6, 6.07) is 10.1. The first-order chi connectivity index (χ1) is 11.7. The molecule has 126 valence electrons. The lowest BCUT2D eigenvalue weighted by Crippen LogP contribution is -2.51. The maximum atomic E-state index is 12.8. The average molecular weight is 326 g/mol. The van der Waals surface area contributed by atoms with Crippen LogP contribution in [0.2, 0.25) is 0 Å². The van der Waals surface area contributed by atoms with Crippen molar-refractivity contribution in [3.05, 3.63) is 41.7 Å². The molecule has 0 spiro atoms. The van der Waals surface area contributed by atoms with Gasteiger partial charge in [0.05, 0.1) is 42.2 Å². The van der Waals surface area contributed by atoms with E-state index in [0.717, 1.165) is 36.3 Å². The van der Waals surface area contributed by atoms with Crippen LogP contribution in [0.4, 0.5) is 0 Å². The van der Waals surface area contributed by atoms with Gasteiger partial charge in [0.1, 0.15) is 0 Å². The number of amides is 1. The summed E-state index contributed by atoms with van der Waals surface area (Å²) in [5.41, 5.74) is 2.64. The number of ether oxygens (including phenoxy) is 1. The largest absolute Gasteiger partial charge is 0.374 e. The lowest BCUT2D eigenvalue weighted by molar-refractivity contribution is -0.143. The zero-order valence-corrected chi connectivity index (χ0v) is 13.9. The van der Waals surface area contributed by atoms with Gasteiger partial charge in [0.2, 0.25) is 5.91 Å². The van der Waals surface area contributed by atoms with Gasteiger partial charge in [0.15, 0.2) is 0 Å². The first-order valence-electron chi connectivity index (χ1n) is 8.61. The molecule has 1 amide bonds. The summed E-state index contributed by atoms with van der Waals surface area (Å²) in [4.78, 5) is 14.8. The molecule has 0 radical (unpaired) electrons. The summed E-state index contributed by atoms with van der Waals surface area (Å²) in [6.07, 6.45) is 3.79. The van der Waals surface area contributed by atoms with Gasteiger partial charge < -0.3 is 9.64 Å². The Labute approximate surface area is 141 Å². The predicted molar refractivity (Wildman–Crippen MR) is 88.9 cm³/mol. The van der Waals surface area contributed by atoms with Crippen LogP contribution in [0.25, 0.3) is 5.69 Å². The summed E-state index contributed by atoms with van der Waals surface area (Å²) >= 11 is 0. The van der Waals surface area contributed by atoms with Crippen LogP contribution in [0.1, 0.15) is 30.7 Å². The van der Waals surface area contributed by atoms with Crippen molar-refractivity contribution < 1.29 is 9.53 Å². The standard InChI is InChI=1S/C18H22N4O2/c1-13-15(19-20-22(13)14-6-3-2-4-7-14)12-18(23)21-10-11-24-17-9-5-8-16(17)21/h2-4,6-7,16-17H,5,8-12H2,1H3/t16-,17-/m0/s1. The normalized spacial score (nSPS) is 23.3. The minimum Gasteiger partial charge on any atom is -0.374 e. The monoisotopic (exact) mass is 326 g/mol. The molecular weight excluding hydrogens is 304 g/mol. The van der Waals surface area contributed by atoms with Crippen molar-refractivity contribution in [3.63, 3.8) is 0 Å². The number of carbonyl (C=O) groups excluding carboxylic acids is 1. The van der Waals surface area contributed by atoms with Crippen molar-refractivity contribution in [1.29, 1.82) is 0 Å². The fourth-order valence-corrected chi connectivity index (χ4v) is 3.82. The van der Waals surface area contributed by atoms with E-state index in [4.69, 9.17) is 4.74 Å². The molecule has 2 heterocycles. The fourth-order valence-electron chi connectivity index (χ4n) is 3.82. The quantitative estimate of drug-likeness (QED) is 0.864. The summed E-state index contributed by atoms with van der Waals surface area (Å²) in [7, 11) is 0. The van der Waals surface area contributed by atoms with Crippen LogP contribution in [-0.2, 0) is 16.0 Å². The van der Waals surface area contributed by atoms with E-state index in [2.05, 4.69) is 10.3 Å². The molecule has 2 aliphatic rings. The van der Waals surface area contributed by atoms with Crippen LogP contribution in [0, 0.1) is 6.92 Å². The highest BCUT2D eigenvalue weighted by atomic mass is 16.5. The number of hydrogen-bond donors (Lipinski definition) is 0. The number of hydrogen-bond acceptors (Lipinski definition) is 4. The third-order valence-corrected chi connectivity index (χ3v) is 5.11. The Bertz CT molecular complexity index is 728. The van der Waals surface area contributed by atoms with Crippen molar-refractivity contribution >= 4 is 5.91 Å². The molecule has 0 N–H and O–H groups in total. The summed E-state index contributed by atoms with van der Waals surface area (Å²) < 4.78 is 7.58. The van der Waals surface area contributed by atoms with Gasteiger partial charge in [0.25, 0.3) is 0 Å². The number of carbonyl (C=O) groups is 1. The first kappa shape index (κ1) is 15.3. The van der Waals surface area contributed by atoms with Gasteiger partial charge in [-0.1, -0.05) is 23.4 Å². The molecule has 4 rings (SSSR count). The van der Waals surface area contributed by atoms with Crippen LogP contribution in [-0.4, -0.2) is 51.1 Å². The minimum absolute atomic E-state index is 0.137. The zero-order valence-electron chi connectivity index (χ0n) is 13.9. The topological polar surface area (TPSA) is 60.3 Å². The van der Waals surface area contributed by atoms with Crippen LogP contribution in [0.3, 0.4) is 0 Å². The van der Waals surface area contributed by atoms with Crippen molar-refractivity contribution in [2.45, 2.75) is 44.8 Å². The van der Waals surface area contributed by atoms with E-state index in [9.17, 15) is 4.79 Å². The van der Waals surface area contributed by atoms with E-state index in [-0.39, 0.29) is 18.1 Å². The summed E-state index contributed by atoms with van der Waals surface area (Å²) in [6.45, 7) is 3.29. The Kier molecular flexibility index (Phi) is 4.06. The number of para-hydroxylation sites is 1. The molecule has 1 saturated heterocycles. The molecule has 1 saturated carbocycles. The summed E-state index contributed by atoms with van der Waals surface area (Å²) in [5, 5.41) is 8.47. The molecule has 2 atom stereocenters. The number of benzene rings is 1. The Morgan fingerprint density at radius 2 is 2.12 bits per heavy atom. The van der Waals surface area contributed by atoms with Gasteiger partial charge in [-0.25, -0.2) is 4.68 Å². The van der Waals surface area contributed by atoms with Crippen molar-refractivity contribution in [3.8, 4) is 5.69 Å². The molecule has 1 aliphatic carbocycles. The number of aromatic nitrogens is 3. The Morgan fingerprint density at radius 1 is 1.29 bits per heavy atom. The van der Waals surface area contributed by atoms with E-state index in [1.807, 2.05) is 42.2 Å². The van der Waals surface area contributed by atoms with E-state index in [0.29, 0.717) is 19.6 Å². The summed E-state index contributed by atoms with van der Waals surface area (Å²) in [5.74, 6) is 0.137. The molecule has 0 unspecified atom stereocenters. The second-order valence-corrected chi connectivity index (χ2v) is 6.54. The van der Waals surface area contributed by atoms with E-state index in [1.54, 1.807) is 4.68 Å². The van der Waals surface area contributed by atoms with E-state index >= 15 is 0 Å². The molecule has 6 nitrogen and oxygen atoms in total. The first-order valence-corrected chi connectivity index (χ1v) is 8.61.